The van der Waals surface area contributed by atoms with Gasteiger partial charge in [-0.3, -0.25) is 14.4 Å². The first kappa shape index (κ1) is 15.7. The van der Waals surface area contributed by atoms with Crippen LogP contribution in [0.2, 0.25) is 0 Å². The van der Waals surface area contributed by atoms with Crippen LogP contribution in [0.1, 0.15) is 35.7 Å². The number of aromatic nitrogens is 1. The summed E-state index contributed by atoms with van der Waals surface area (Å²) in [5, 5.41) is 4.98. The molecule has 6 heteroatoms. The van der Waals surface area contributed by atoms with Gasteiger partial charge >= 0.3 is 0 Å². The zero-order valence-corrected chi connectivity index (χ0v) is 11.8. The van der Waals surface area contributed by atoms with Crippen molar-refractivity contribution in [3.63, 3.8) is 0 Å². The van der Waals surface area contributed by atoms with Gasteiger partial charge in [0.05, 0.1) is 0 Å². The van der Waals surface area contributed by atoms with Gasteiger partial charge < -0.3 is 15.6 Å². The van der Waals surface area contributed by atoms with E-state index in [9.17, 15) is 14.4 Å². The molecule has 6 nitrogen and oxygen atoms in total. The van der Waals surface area contributed by atoms with Gasteiger partial charge in [-0.05, 0) is 17.5 Å². The molecule has 2 amide bonds. The van der Waals surface area contributed by atoms with E-state index >= 15 is 0 Å². The maximum absolute atomic E-state index is 11.9. The average molecular weight is 277 g/mol. The molecular weight excluding hydrogens is 258 g/mol. The molecule has 0 aromatic carbocycles. The van der Waals surface area contributed by atoms with Gasteiger partial charge in [0.15, 0.2) is 0 Å². The molecule has 1 aromatic rings. The van der Waals surface area contributed by atoms with Crippen molar-refractivity contribution in [1.82, 2.24) is 15.6 Å². The summed E-state index contributed by atoms with van der Waals surface area (Å²) in [5.41, 5.74) is 0.530. The maximum Gasteiger partial charge on any atom is 0.260 e. The number of hydrogen-bond acceptors (Lipinski definition) is 3. The van der Waals surface area contributed by atoms with E-state index in [1.807, 2.05) is 13.8 Å². The first-order valence-corrected chi connectivity index (χ1v) is 6.34. The van der Waals surface area contributed by atoms with Crippen LogP contribution in [0.4, 0.5) is 0 Å². The van der Waals surface area contributed by atoms with Crippen molar-refractivity contribution in [2.45, 2.75) is 19.8 Å². The summed E-state index contributed by atoms with van der Waals surface area (Å²) in [7, 11) is 1.52. The summed E-state index contributed by atoms with van der Waals surface area (Å²) in [6.07, 6.45) is 4.43. The predicted molar refractivity (Wildman–Crippen MR) is 76.7 cm³/mol. The molecule has 0 aliphatic carbocycles. The van der Waals surface area contributed by atoms with Crippen LogP contribution in [0, 0.1) is 0 Å². The summed E-state index contributed by atoms with van der Waals surface area (Å²) in [6, 6.07) is 1.58. The molecule has 0 bridgehead atoms. The van der Waals surface area contributed by atoms with Crippen LogP contribution in [0.15, 0.2) is 29.2 Å². The monoisotopic (exact) mass is 277 g/mol. The molecule has 0 unspecified atom stereocenters. The van der Waals surface area contributed by atoms with Crippen molar-refractivity contribution in [2.75, 3.05) is 13.6 Å². The first-order chi connectivity index (χ1) is 9.45. The molecule has 0 aliphatic heterocycles. The van der Waals surface area contributed by atoms with Gasteiger partial charge in [-0.25, -0.2) is 0 Å². The molecule has 0 aliphatic rings. The molecule has 1 heterocycles. The van der Waals surface area contributed by atoms with Gasteiger partial charge in [-0.15, -0.1) is 0 Å². The first-order valence-electron chi connectivity index (χ1n) is 6.34. The lowest BCUT2D eigenvalue weighted by atomic mass is 10.0. The number of H-pyrrole nitrogens is 1. The van der Waals surface area contributed by atoms with E-state index in [0.717, 1.165) is 5.56 Å². The Bertz CT molecular complexity index is 573. The van der Waals surface area contributed by atoms with Gasteiger partial charge in [0.2, 0.25) is 5.91 Å². The summed E-state index contributed by atoms with van der Waals surface area (Å²) in [6.45, 7) is 4.13. The average Bonchev–Trinajstić information content (AvgIpc) is 2.43. The summed E-state index contributed by atoms with van der Waals surface area (Å²) >= 11 is 0. The van der Waals surface area contributed by atoms with Crippen LogP contribution in [0.25, 0.3) is 0 Å². The third-order valence-corrected chi connectivity index (χ3v) is 2.73. The molecule has 1 rings (SSSR count). The van der Waals surface area contributed by atoms with Gasteiger partial charge in [0, 0.05) is 25.9 Å². The number of pyridine rings is 1. The summed E-state index contributed by atoms with van der Waals surface area (Å²) < 4.78 is 0. The molecule has 0 saturated heterocycles. The Balaban J connectivity index is 2.73. The summed E-state index contributed by atoms with van der Waals surface area (Å²) in [5.74, 6) is -0.499. The van der Waals surface area contributed by atoms with E-state index in [1.165, 1.54) is 19.2 Å². The van der Waals surface area contributed by atoms with Crippen LogP contribution in [0.5, 0.6) is 0 Å². The fraction of sp³-hybridized carbons (Fsp3) is 0.357. The molecule has 0 spiro atoms. The van der Waals surface area contributed by atoms with E-state index in [4.69, 9.17) is 0 Å². The number of carbonyl (C=O) groups excluding carboxylic acids is 2. The number of amides is 2. The number of carbonyl (C=O) groups is 2. The van der Waals surface area contributed by atoms with E-state index in [0.29, 0.717) is 0 Å². The standard InChI is InChI=1S/C14H19N3O3/c1-9(2)10-7-11(14(20)17-8-10)13(19)16-6-4-5-12(18)15-3/h4-5,7-9H,6H2,1-3H3,(H,15,18)(H,16,19)(H,17,20)/b5-4+. The van der Waals surface area contributed by atoms with Crippen molar-refractivity contribution in [3.8, 4) is 0 Å². The second kappa shape index (κ2) is 7.28. The zero-order chi connectivity index (χ0) is 15.1. The highest BCUT2D eigenvalue weighted by atomic mass is 16.2. The Morgan fingerprint density at radius 1 is 1.40 bits per heavy atom. The molecule has 20 heavy (non-hydrogen) atoms. The maximum atomic E-state index is 11.9. The van der Waals surface area contributed by atoms with E-state index in [1.54, 1.807) is 12.3 Å². The highest BCUT2D eigenvalue weighted by molar-refractivity contribution is 5.94. The Morgan fingerprint density at radius 3 is 2.70 bits per heavy atom. The van der Waals surface area contributed by atoms with Gasteiger partial charge in [0.1, 0.15) is 5.56 Å². The van der Waals surface area contributed by atoms with Crippen molar-refractivity contribution in [3.05, 3.63) is 45.9 Å². The van der Waals surface area contributed by atoms with Crippen molar-refractivity contribution in [2.24, 2.45) is 0 Å². The molecule has 0 saturated carbocycles. The predicted octanol–water partition coefficient (Wildman–Crippen LogP) is 0.530. The van der Waals surface area contributed by atoms with Crippen LogP contribution in [-0.4, -0.2) is 30.4 Å². The lowest BCUT2D eigenvalue weighted by Crippen LogP contribution is -2.30. The second-order valence-electron chi connectivity index (χ2n) is 4.56. The van der Waals surface area contributed by atoms with E-state index in [2.05, 4.69) is 15.6 Å². The van der Waals surface area contributed by atoms with Crippen molar-refractivity contribution >= 4 is 11.8 Å². The van der Waals surface area contributed by atoms with Crippen LogP contribution < -0.4 is 16.2 Å². The van der Waals surface area contributed by atoms with Gasteiger partial charge in [-0.1, -0.05) is 19.9 Å². The number of aromatic amines is 1. The van der Waals surface area contributed by atoms with Crippen LogP contribution >= 0.6 is 0 Å². The second-order valence-corrected chi connectivity index (χ2v) is 4.56. The fourth-order valence-electron chi connectivity index (χ4n) is 1.50. The Labute approximate surface area is 117 Å². The lowest BCUT2D eigenvalue weighted by molar-refractivity contribution is -0.116. The molecule has 0 fully saturated rings. The van der Waals surface area contributed by atoms with Crippen LogP contribution in [-0.2, 0) is 4.79 Å². The van der Waals surface area contributed by atoms with E-state index < -0.39 is 11.5 Å². The Morgan fingerprint density at radius 2 is 2.10 bits per heavy atom. The minimum Gasteiger partial charge on any atom is -0.356 e. The molecule has 0 atom stereocenters. The zero-order valence-electron chi connectivity index (χ0n) is 11.8. The minimum absolute atomic E-state index is 0.0737. The smallest absolute Gasteiger partial charge is 0.260 e. The molecule has 108 valence electrons. The third kappa shape index (κ3) is 4.38. The lowest BCUT2D eigenvalue weighted by Gasteiger charge is -2.07. The van der Waals surface area contributed by atoms with Crippen LogP contribution in [0.3, 0.4) is 0 Å². The minimum atomic E-state index is -0.463. The van der Waals surface area contributed by atoms with Crippen molar-refractivity contribution in [1.29, 1.82) is 0 Å². The molecule has 3 N–H and O–H groups in total. The van der Waals surface area contributed by atoms with Gasteiger partial charge in [-0.2, -0.15) is 0 Å². The topological polar surface area (TPSA) is 91.1 Å². The summed E-state index contributed by atoms with van der Waals surface area (Å²) in [4.78, 5) is 37.0. The normalized spacial score (nSPS) is 10.8. The SMILES string of the molecule is CNC(=O)/C=C/CNC(=O)c1cc(C(C)C)c[nH]c1=O. The number of rotatable bonds is 5. The Hall–Kier alpha value is -2.37. The third-order valence-electron chi connectivity index (χ3n) is 2.73. The van der Waals surface area contributed by atoms with Crippen molar-refractivity contribution < 1.29 is 9.59 Å². The van der Waals surface area contributed by atoms with Gasteiger partial charge in [0.25, 0.3) is 11.5 Å². The molecular formula is C14H19N3O3. The highest BCUT2D eigenvalue weighted by Gasteiger charge is 2.11. The quantitative estimate of drug-likeness (QED) is 0.686. The fourth-order valence-corrected chi connectivity index (χ4v) is 1.50. The number of hydrogen-bond donors (Lipinski definition) is 3. The number of likely N-dealkylation sites (N-methyl/N-ethyl adjacent to an activating group) is 1. The Kier molecular flexibility index (Phi) is 5.71. The number of nitrogens with one attached hydrogen (secondary N) is 3. The molecule has 1 aromatic heterocycles. The largest absolute Gasteiger partial charge is 0.356 e. The highest BCUT2D eigenvalue weighted by Crippen LogP contribution is 2.12. The van der Waals surface area contributed by atoms with E-state index in [-0.39, 0.29) is 23.9 Å². The molecule has 0 radical (unpaired) electrons.